The zero-order chi connectivity index (χ0) is 18.1. The van der Waals surface area contributed by atoms with E-state index in [1.807, 2.05) is 61.5 Å². The molecule has 132 valence electrons. The largest absolute Gasteiger partial charge is 0.310 e. The number of anilines is 1. The number of amides is 1. The minimum atomic E-state index is -0.946. The Morgan fingerprint density at radius 1 is 1.15 bits per heavy atom. The summed E-state index contributed by atoms with van der Waals surface area (Å²) in [4.78, 5) is 12.6. The fraction of sp³-hybridized carbons (Fsp3) is 0.200. The van der Waals surface area contributed by atoms with E-state index >= 15 is 0 Å². The highest BCUT2D eigenvalue weighted by Gasteiger charge is 2.28. The Morgan fingerprint density at radius 2 is 1.96 bits per heavy atom. The lowest BCUT2D eigenvalue weighted by Crippen LogP contribution is -2.18. The summed E-state index contributed by atoms with van der Waals surface area (Å²) in [7, 11) is -0.946. The van der Waals surface area contributed by atoms with Gasteiger partial charge in [-0.25, -0.2) is 4.68 Å². The fourth-order valence-corrected chi connectivity index (χ4v) is 4.46. The lowest BCUT2D eigenvalue weighted by Gasteiger charge is -2.11. The van der Waals surface area contributed by atoms with Gasteiger partial charge in [0.15, 0.2) is 0 Å². The van der Waals surface area contributed by atoms with Crippen LogP contribution in [0.25, 0.3) is 5.69 Å². The molecule has 2 aromatic carbocycles. The van der Waals surface area contributed by atoms with Crippen molar-refractivity contribution in [3.8, 4) is 5.69 Å². The summed E-state index contributed by atoms with van der Waals surface area (Å²) in [6.45, 7) is 2.01. The standard InChI is InChI=1S/C20H19N3O2S/c1-14-6-5-7-15(10-14)11-19(24)21-20-17-12-26(25)13-18(17)22-23(20)16-8-3-2-4-9-16/h2-10H,11-13H2,1H3,(H,21,24)/t26-/m0/s1. The fourth-order valence-electron chi connectivity index (χ4n) is 3.20. The number of hydrogen-bond acceptors (Lipinski definition) is 3. The molecule has 0 radical (unpaired) electrons. The summed E-state index contributed by atoms with van der Waals surface area (Å²) in [5, 5.41) is 7.60. The van der Waals surface area contributed by atoms with E-state index in [4.69, 9.17) is 0 Å². The molecule has 0 fully saturated rings. The van der Waals surface area contributed by atoms with Crippen LogP contribution in [0.2, 0.25) is 0 Å². The van der Waals surface area contributed by atoms with Gasteiger partial charge in [0.1, 0.15) is 5.82 Å². The predicted molar refractivity (Wildman–Crippen MR) is 103 cm³/mol. The second-order valence-corrected chi connectivity index (χ2v) is 7.92. The van der Waals surface area contributed by atoms with Gasteiger partial charge in [-0.3, -0.25) is 9.00 Å². The van der Waals surface area contributed by atoms with Crippen molar-refractivity contribution in [3.05, 3.63) is 77.0 Å². The summed E-state index contributed by atoms with van der Waals surface area (Å²) in [5.41, 5.74) is 4.65. The van der Waals surface area contributed by atoms with Crippen molar-refractivity contribution in [2.75, 3.05) is 5.32 Å². The van der Waals surface area contributed by atoms with Crippen molar-refractivity contribution in [1.82, 2.24) is 9.78 Å². The smallest absolute Gasteiger partial charge is 0.229 e. The molecule has 0 aliphatic carbocycles. The Morgan fingerprint density at radius 3 is 2.73 bits per heavy atom. The van der Waals surface area contributed by atoms with Crippen molar-refractivity contribution in [2.45, 2.75) is 24.9 Å². The molecule has 1 aliphatic heterocycles. The second kappa shape index (κ2) is 6.88. The molecule has 2 heterocycles. The maximum Gasteiger partial charge on any atom is 0.229 e. The van der Waals surface area contributed by atoms with Crippen molar-refractivity contribution in [1.29, 1.82) is 0 Å². The predicted octanol–water partition coefficient (Wildman–Crippen LogP) is 3.12. The van der Waals surface area contributed by atoms with Crippen LogP contribution in [0.5, 0.6) is 0 Å². The van der Waals surface area contributed by atoms with Crippen LogP contribution in [0.1, 0.15) is 22.4 Å². The van der Waals surface area contributed by atoms with Gasteiger partial charge in [-0.1, -0.05) is 48.0 Å². The highest BCUT2D eigenvalue weighted by molar-refractivity contribution is 7.83. The van der Waals surface area contributed by atoms with Crippen LogP contribution < -0.4 is 5.32 Å². The van der Waals surface area contributed by atoms with Gasteiger partial charge in [0.2, 0.25) is 5.91 Å². The van der Waals surface area contributed by atoms with E-state index in [1.165, 1.54) is 0 Å². The molecule has 1 atom stereocenters. The molecule has 0 unspecified atom stereocenters. The van der Waals surface area contributed by atoms with Gasteiger partial charge < -0.3 is 5.32 Å². The molecule has 1 aromatic heterocycles. The number of benzene rings is 2. The van der Waals surface area contributed by atoms with E-state index in [9.17, 15) is 9.00 Å². The van der Waals surface area contributed by atoms with Crippen molar-refractivity contribution >= 4 is 22.5 Å². The maximum absolute atomic E-state index is 12.6. The van der Waals surface area contributed by atoms with E-state index in [0.29, 0.717) is 23.7 Å². The molecule has 1 aliphatic rings. The molecule has 0 saturated carbocycles. The van der Waals surface area contributed by atoms with E-state index in [-0.39, 0.29) is 5.91 Å². The average molecular weight is 365 g/mol. The zero-order valence-corrected chi connectivity index (χ0v) is 15.3. The number of para-hydroxylation sites is 1. The number of carbonyl (C=O) groups excluding carboxylic acids is 1. The first-order valence-corrected chi connectivity index (χ1v) is 9.95. The monoisotopic (exact) mass is 365 g/mol. The number of fused-ring (bicyclic) bond motifs is 1. The minimum absolute atomic E-state index is 0.104. The van der Waals surface area contributed by atoms with Gasteiger partial charge in [-0.15, -0.1) is 0 Å². The van der Waals surface area contributed by atoms with Gasteiger partial charge in [0.25, 0.3) is 0 Å². The van der Waals surface area contributed by atoms with Gasteiger partial charge >= 0.3 is 0 Å². The Bertz CT molecular complexity index is 996. The molecule has 0 saturated heterocycles. The highest BCUT2D eigenvalue weighted by Crippen LogP contribution is 2.31. The number of aromatic nitrogens is 2. The summed E-state index contributed by atoms with van der Waals surface area (Å²) in [6, 6.07) is 17.6. The third kappa shape index (κ3) is 3.32. The van der Waals surface area contributed by atoms with Crippen LogP contribution in [-0.4, -0.2) is 19.9 Å². The average Bonchev–Trinajstić information content (AvgIpc) is 3.13. The van der Waals surface area contributed by atoms with Crippen LogP contribution >= 0.6 is 0 Å². The summed E-state index contributed by atoms with van der Waals surface area (Å²) < 4.78 is 13.7. The molecule has 4 rings (SSSR count). The van der Waals surface area contributed by atoms with E-state index in [2.05, 4.69) is 10.4 Å². The molecular weight excluding hydrogens is 346 g/mol. The molecule has 1 amide bonds. The van der Waals surface area contributed by atoms with Crippen molar-refractivity contribution in [2.24, 2.45) is 0 Å². The van der Waals surface area contributed by atoms with Crippen LogP contribution in [0.3, 0.4) is 0 Å². The van der Waals surface area contributed by atoms with Crippen molar-refractivity contribution in [3.63, 3.8) is 0 Å². The van der Waals surface area contributed by atoms with Gasteiger partial charge in [0.05, 0.1) is 29.3 Å². The Labute approximate surface area is 154 Å². The number of rotatable bonds is 4. The Hall–Kier alpha value is -2.73. The van der Waals surface area contributed by atoms with Gasteiger partial charge in [0, 0.05) is 16.4 Å². The van der Waals surface area contributed by atoms with Gasteiger partial charge in [-0.05, 0) is 24.6 Å². The first-order chi connectivity index (χ1) is 12.6. The Kier molecular flexibility index (Phi) is 4.42. The van der Waals surface area contributed by atoms with Crippen LogP contribution in [0.4, 0.5) is 5.82 Å². The molecule has 1 N–H and O–H groups in total. The number of aryl methyl sites for hydroxylation is 1. The zero-order valence-electron chi connectivity index (χ0n) is 14.4. The molecule has 6 heteroatoms. The minimum Gasteiger partial charge on any atom is -0.310 e. The lowest BCUT2D eigenvalue weighted by molar-refractivity contribution is -0.115. The molecule has 5 nitrogen and oxygen atoms in total. The molecule has 0 bridgehead atoms. The molecule has 3 aromatic rings. The highest BCUT2D eigenvalue weighted by atomic mass is 32.2. The van der Waals surface area contributed by atoms with E-state index in [0.717, 1.165) is 28.1 Å². The third-order valence-corrected chi connectivity index (χ3v) is 5.58. The van der Waals surface area contributed by atoms with Crippen molar-refractivity contribution < 1.29 is 9.00 Å². The number of nitrogens with one attached hydrogen (secondary N) is 1. The number of carbonyl (C=O) groups is 1. The van der Waals surface area contributed by atoms with E-state index < -0.39 is 10.8 Å². The molecule has 26 heavy (non-hydrogen) atoms. The topological polar surface area (TPSA) is 64.0 Å². The second-order valence-electron chi connectivity index (χ2n) is 6.46. The maximum atomic E-state index is 12.6. The molecule has 0 spiro atoms. The lowest BCUT2D eigenvalue weighted by atomic mass is 10.1. The summed E-state index contributed by atoms with van der Waals surface area (Å²) in [6.07, 6.45) is 0.291. The first kappa shape index (κ1) is 16.7. The van der Waals surface area contributed by atoms with E-state index in [1.54, 1.807) is 4.68 Å². The van der Waals surface area contributed by atoms with Crippen LogP contribution in [-0.2, 0) is 33.5 Å². The summed E-state index contributed by atoms with van der Waals surface area (Å²) in [5.74, 6) is 1.40. The summed E-state index contributed by atoms with van der Waals surface area (Å²) >= 11 is 0. The Balaban J connectivity index is 1.65. The normalized spacial score (nSPS) is 15.7. The first-order valence-electron chi connectivity index (χ1n) is 8.47. The van der Waals surface area contributed by atoms with Crippen LogP contribution in [0, 0.1) is 6.92 Å². The van der Waals surface area contributed by atoms with Gasteiger partial charge in [-0.2, -0.15) is 5.10 Å². The number of nitrogens with zero attached hydrogens (tertiary/aromatic N) is 2. The molecular formula is C20H19N3O2S. The van der Waals surface area contributed by atoms with Crippen LogP contribution in [0.15, 0.2) is 54.6 Å². The number of hydrogen-bond donors (Lipinski definition) is 1. The third-order valence-electron chi connectivity index (χ3n) is 4.38. The quantitative estimate of drug-likeness (QED) is 0.773. The SMILES string of the molecule is Cc1cccc(CC(=O)Nc2c3c(nn2-c2ccccc2)C[S@@](=O)C3)c1.